The number of nitrogens with one attached hydrogen (secondary N) is 1. The van der Waals surface area contributed by atoms with Crippen LogP contribution in [0.2, 0.25) is 0 Å². The highest BCUT2D eigenvalue weighted by Gasteiger charge is 2.17. The quantitative estimate of drug-likeness (QED) is 0.720. The molecule has 0 fully saturated rings. The highest BCUT2D eigenvalue weighted by Crippen LogP contribution is 2.04. The van der Waals surface area contributed by atoms with Gasteiger partial charge < -0.3 is 15.2 Å². The predicted octanol–water partition coefficient (Wildman–Crippen LogP) is 1.26. The smallest absolute Gasteiger partial charge is 0.334 e. The molecule has 2 N–H and O–H groups in total. The number of carboxylic acid groups (broad SMARTS) is 1. The Morgan fingerprint density at radius 1 is 1.00 bits per heavy atom. The summed E-state index contributed by atoms with van der Waals surface area (Å²) in [5, 5.41) is 12.3. The molecule has 1 atom stereocenters. The van der Waals surface area contributed by atoms with Crippen LogP contribution < -0.4 is 5.32 Å². The van der Waals surface area contributed by atoms with Crippen LogP contribution in [-0.4, -0.2) is 41.1 Å². The van der Waals surface area contributed by atoms with E-state index >= 15 is 0 Å². The zero-order valence-electron chi connectivity index (χ0n) is 11.7. The Hall–Kier alpha value is -1.64. The van der Waals surface area contributed by atoms with Crippen LogP contribution in [0.25, 0.3) is 0 Å². The van der Waals surface area contributed by atoms with Crippen LogP contribution in [0.15, 0.2) is 60.7 Å². The van der Waals surface area contributed by atoms with E-state index in [1.807, 2.05) is 60.7 Å². The van der Waals surface area contributed by atoms with E-state index in [1.165, 1.54) is 0 Å². The summed E-state index contributed by atoms with van der Waals surface area (Å²) in [6, 6.07) is 19.4. The Bertz CT molecular complexity index is 548. The molecule has 0 aliphatic rings. The second-order valence-corrected chi connectivity index (χ2v) is 4.74. The van der Waals surface area contributed by atoms with Crippen LogP contribution in [0.1, 0.15) is 11.1 Å². The van der Waals surface area contributed by atoms with E-state index in [2.05, 4.69) is 5.32 Å². The number of carboxylic acids is 1. The van der Waals surface area contributed by atoms with Crippen LogP contribution in [0, 0.1) is 0 Å². The van der Waals surface area contributed by atoms with Crippen LogP contribution in [0.3, 0.4) is 0 Å². The van der Waals surface area contributed by atoms with Gasteiger partial charge in [-0.25, -0.2) is 4.79 Å². The first-order valence-corrected chi connectivity index (χ1v) is 6.88. The SMILES string of the molecule is O=C(O)C(CNCc1ccccc1)OCc1ccccc1.[AlH3]. The van der Waals surface area contributed by atoms with Crippen molar-refractivity contribution >= 4 is 23.3 Å². The molecular formula is C17H22AlNO3. The van der Waals surface area contributed by atoms with Crippen molar-refractivity contribution in [1.29, 1.82) is 0 Å². The van der Waals surface area contributed by atoms with Crippen molar-refractivity contribution in [3.63, 3.8) is 0 Å². The third-order valence-corrected chi connectivity index (χ3v) is 3.07. The van der Waals surface area contributed by atoms with Gasteiger partial charge in [0.15, 0.2) is 23.5 Å². The summed E-state index contributed by atoms with van der Waals surface area (Å²) in [6.45, 7) is 1.20. The normalized spacial score (nSPS) is 11.5. The molecule has 116 valence electrons. The number of rotatable bonds is 8. The Labute approximate surface area is 141 Å². The van der Waals surface area contributed by atoms with Crippen molar-refractivity contribution < 1.29 is 14.6 Å². The summed E-state index contributed by atoms with van der Waals surface area (Å²) in [6.07, 6.45) is -0.853. The number of hydrogen-bond acceptors (Lipinski definition) is 3. The lowest BCUT2D eigenvalue weighted by atomic mass is 10.2. The Balaban J connectivity index is 0.00000242. The van der Waals surface area contributed by atoms with Crippen molar-refractivity contribution in [3.8, 4) is 0 Å². The molecule has 0 spiro atoms. The lowest BCUT2D eigenvalue weighted by Crippen LogP contribution is -2.35. The minimum absolute atomic E-state index is 0. The summed E-state index contributed by atoms with van der Waals surface area (Å²) in [5.74, 6) is -0.952. The largest absolute Gasteiger partial charge is 0.479 e. The maximum Gasteiger partial charge on any atom is 0.334 e. The van der Waals surface area contributed by atoms with Gasteiger partial charge in [-0.15, -0.1) is 0 Å². The van der Waals surface area contributed by atoms with E-state index < -0.39 is 12.1 Å². The Kier molecular flexibility index (Phi) is 8.49. The van der Waals surface area contributed by atoms with Gasteiger partial charge in [-0.1, -0.05) is 60.7 Å². The zero-order valence-corrected chi connectivity index (χ0v) is 11.7. The summed E-state index contributed by atoms with van der Waals surface area (Å²) in [4.78, 5) is 11.2. The lowest BCUT2D eigenvalue weighted by Gasteiger charge is -2.14. The predicted molar refractivity (Wildman–Crippen MR) is 90.7 cm³/mol. The number of aliphatic carboxylic acids is 1. The molecule has 2 aromatic carbocycles. The van der Waals surface area contributed by atoms with Crippen LogP contribution in [0.5, 0.6) is 0 Å². The molecule has 0 saturated carbocycles. The van der Waals surface area contributed by atoms with Gasteiger partial charge in [-0.3, -0.25) is 0 Å². The first kappa shape index (κ1) is 18.4. The van der Waals surface area contributed by atoms with Gasteiger partial charge >= 0.3 is 5.97 Å². The van der Waals surface area contributed by atoms with E-state index in [1.54, 1.807) is 0 Å². The Morgan fingerprint density at radius 2 is 1.55 bits per heavy atom. The van der Waals surface area contributed by atoms with Crippen LogP contribution >= 0.6 is 0 Å². The fourth-order valence-electron chi connectivity index (χ4n) is 1.93. The van der Waals surface area contributed by atoms with Gasteiger partial charge in [-0.05, 0) is 11.1 Å². The minimum Gasteiger partial charge on any atom is -0.479 e. The first-order chi connectivity index (χ1) is 10.3. The minimum atomic E-state index is -0.952. The van der Waals surface area contributed by atoms with Gasteiger partial charge in [0.05, 0.1) is 6.61 Å². The standard InChI is InChI=1S/C17H19NO3.Al.3H/c19-17(20)16(21-13-15-9-5-2-6-10-15)12-18-11-14-7-3-1-4-8-14;;;;/h1-10,16,18H,11-13H2,(H,19,20);;;;. The van der Waals surface area contributed by atoms with E-state index in [0.29, 0.717) is 13.2 Å². The highest BCUT2D eigenvalue weighted by molar-refractivity contribution is 5.75. The number of carbonyl (C=O) groups is 1. The maximum atomic E-state index is 11.2. The van der Waals surface area contributed by atoms with Gasteiger partial charge in [-0.2, -0.15) is 0 Å². The summed E-state index contributed by atoms with van der Waals surface area (Å²) in [5.41, 5.74) is 2.08. The average molecular weight is 315 g/mol. The van der Waals surface area contributed by atoms with Crippen molar-refractivity contribution in [3.05, 3.63) is 71.8 Å². The van der Waals surface area contributed by atoms with Crippen molar-refractivity contribution in [1.82, 2.24) is 5.32 Å². The third kappa shape index (κ3) is 6.42. The number of hydrogen-bond donors (Lipinski definition) is 2. The molecule has 0 aromatic heterocycles. The molecule has 2 rings (SSSR count). The van der Waals surface area contributed by atoms with Crippen LogP contribution in [0.4, 0.5) is 0 Å². The monoisotopic (exact) mass is 315 g/mol. The van der Waals surface area contributed by atoms with Gasteiger partial charge in [0.1, 0.15) is 0 Å². The van der Waals surface area contributed by atoms with E-state index in [0.717, 1.165) is 11.1 Å². The molecule has 0 aliphatic heterocycles. The molecule has 2 aromatic rings. The topological polar surface area (TPSA) is 58.6 Å². The molecule has 0 amide bonds. The van der Waals surface area contributed by atoms with Crippen molar-refractivity contribution in [2.75, 3.05) is 6.54 Å². The number of benzene rings is 2. The third-order valence-electron chi connectivity index (χ3n) is 3.07. The van der Waals surface area contributed by atoms with Gasteiger partial charge in [0.2, 0.25) is 0 Å². The average Bonchev–Trinajstić information content (AvgIpc) is 2.52. The van der Waals surface area contributed by atoms with Gasteiger partial charge in [0.25, 0.3) is 0 Å². The second-order valence-electron chi connectivity index (χ2n) is 4.74. The van der Waals surface area contributed by atoms with E-state index in [-0.39, 0.29) is 23.9 Å². The molecule has 0 saturated heterocycles. The molecule has 4 nitrogen and oxygen atoms in total. The number of ether oxygens (including phenoxy) is 1. The van der Waals surface area contributed by atoms with Crippen molar-refractivity contribution in [2.24, 2.45) is 0 Å². The molecule has 5 heteroatoms. The maximum absolute atomic E-state index is 11.2. The van der Waals surface area contributed by atoms with E-state index in [9.17, 15) is 9.90 Å². The molecule has 22 heavy (non-hydrogen) atoms. The summed E-state index contributed by atoms with van der Waals surface area (Å²) >= 11 is 0. The molecule has 0 heterocycles. The van der Waals surface area contributed by atoms with Crippen molar-refractivity contribution in [2.45, 2.75) is 19.3 Å². The zero-order chi connectivity index (χ0) is 14.9. The molecule has 0 radical (unpaired) electrons. The second kappa shape index (κ2) is 10.1. The molecule has 0 aliphatic carbocycles. The molecule has 1 unspecified atom stereocenters. The van der Waals surface area contributed by atoms with Crippen LogP contribution in [-0.2, 0) is 22.7 Å². The fourth-order valence-corrected chi connectivity index (χ4v) is 1.93. The lowest BCUT2D eigenvalue weighted by molar-refractivity contribution is -0.150. The fraction of sp³-hybridized carbons (Fsp3) is 0.235. The van der Waals surface area contributed by atoms with Gasteiger partial charge in [0, 0.05) is 13.1 Å². The first-order valence-electron chi connectivity index (χ1n) is 6.88. The summed E-state index contributed by atoms with van der Waals surface area (Å²) < 4.78 is 5.47. The molecular weight excluding hydrogens is 293 g/mol. The summed E-state index contributed by atoms with van der Waals surface area (Å²) in [7, 11) is 0. The highest BCUT2D eigenvalue weighted by atomic mass is 27.0. The van der Waals surface area contributed by atoms with E-state index in [4.69, 9.17) is 4.74 Å². The molecule has 0 bridgehead atoms. The Morgan fingerprint density at radius 3 is 2.09 bits per heavy atom.